The first-order valence-corrected chi connectivity index (χ1v) is 3.32. The van der Waals surface area contributed by atoms with E-state index in [-0.39, 0.29) is 0 Å². The average molecular weight is 146 g/mol. The molecule has 0 radical (unpaired) electrons. The van der Waals surface area contributed by atoms with E-state index in [9.17, 15) is 4.79 Å². The number of hydrogen-bond acceptors (Lipinski definition) is 3. The monoisotopic (exact) mass is 146 g/mol. The first-order chi connectivity index (χ1) is 4.59. The smallest absolute Gasteiger partial charge is 0.247 e. The third-order valence-corrected chi connectivity index (χ3v) is 1.32. The number of hydrogen-bond donors (Lipinski definition) is 3. The largest absolute Gasteiger partial charge is 0.382 e. The van der Waals surface area contributed by atoms with Gasteiger partial charge in [0.05, 0.1) is 0 Å². The molecule has 0 heterocycles. The van der Waals surface area contributed by atoms with Crippen LogP contribution >= 0.6 is 0 Å². The normalized spacial score (nSPS) is 16.3. The summed E-state index contributed by atoms with van der Waals surface area (Å²) in [5, 5.41) is 8.93. The fourth-order valence-electron chi connectivity index (χ4n) is 0.702. The van der Waals surface area contributed by atoms with E-state index in [1.54, 1.807) is 0 Å². The summed E-state index contributed by atoms with van der Waals surface area (Å²) in [5.74, 6) is -0.749. The second kappa shape index (κ2) is 4.24. The number of rotatable bonds is 4. The summed E-state index contributed by atoms with van der Waals surface area (Å²) < 4.78 is 0. The molecule has 0 aromatic carbocycles. The molecule has 4 heteroatoms. The van der Waals surface area contributed by atoms with E-state index in [0.717, 1.165) is 6.42 Å². The zero-order chi connectivity index (χ0) is 8.15. The Labute approximate surface area is 60.2 Å². The second-order valence-electron chi connectivity index (χ2n) is 2.30. The fraction of sp³-hybridized carbons (Fsp3) is 0.833. The Kier molecular flexibility index (Phi) is 3.99. The number of amides is 1. The van der Waals surface area contributed by atoms with Crippen LogP contribution in [0.4, 0.5) is 0 Å². The highest BCUT2D eigenvalue weighted by Gasteiger charge is 2.18. The maximum Gasteiger partial charge on any atom is 0.247 e. The molecule has 60 valence electrons. The summed E-state index contributed by atoms with van der Waals surface area (Å²) in [6, 6.07) is -0.512. The van der Waals surface area contributed by atoms with E-state index in [4.69, 9.17) is 16.6 Å². The van der Waals surface area contributed by atoms with E-state index in [1.165, 1.54) is 0 Å². The van der Waals surface area contributed by atoms with Crippen molar-refractivity contribution in [2.24, 2.45) is 11.5 Å². The summed E-state index contributed by atoms with van der Waals surface area (Å²) >= 11 is 0. The van der Waals surface area contributed by atoms with Gasteiger partial charge >= 0.3 is 0 Å². The van der Waals surface area contributed by atoms with Crippen LogP contribution < -0.4 is 11.5 Å². The Morgan fingerprint density at radius 3 is 2.50 bits per heavy atom. The molecule has 0 aliphatic rings. The maximum atomic E-state index is 10.3. The van der Waals surface area contributed by atoms with Gasteiger partial charge in [0.2, 0.25) is 5.91 Å². The average Bonchev–Trinajstić information content (AvgIpc) is 1.87. The summed E-state index contributed by atoms with van der Waals surface area (Å²) in [7, 11) is 0. The minimum atomic E-state index is -1.19. The second-order valence-corrected chi connectivity index (χ2v) is 2.30. The first kappa shape index (κ1) is 9.39. The molecule has 0 spiro atoms. The standard InChI is InChI=1S/C6H14N2O2/c1-2-3-4(7)5(9)6(8)10/h4-5,9H,2-3,7H2,1H3,(H2,8,10)/t4-,5?/m0/s1. The Balaban J connectivity index is 3.69. The molecule has 0 bridgehead atoms. The summed E-state index contributed by atoms with van der Waals surface area (Å²) in [5.41, 5.74) is 10.2. The number of carbonyl (C=O) groups is 1. The molecule has 4 nitrogen and oxygen atoms in total. The van der Waals surface area contributed by atoms with Gasteiger partial charge in [0.25, 0.3) is 0 Å². The van der Waals surface area contributed by atoms with Gasteiger partial charge in [-0.1, -0.05) is 13.3 Å². The van der Waals surface area contributed by atoms with Gasteiger partial charge in [0.15, 0.2) is 0 Å². The minimum Gasteiger partial charge on any atom is -0.382 e. The van der Waals surface area contributed by atoms with Crippen LogP contribution in [0, 0.1) is 0 Å². The summed E-state index contributed by atoms with van der Waals surface area (Å²) in [6.45, 7) is 1.92. The maximum absolute atomic E-state index is 10.3. The molecule has 1 unspecified atom stereocenters. The molecule has 5 N–H and O–H groups in total. The molecule has 0 saturated heterocycles. The fourth-order valence-corrected chi connectivity index (χ4v) is 0.702. The topological polar surface area (TPSA) is 89.3 Å². The number of nitrogens with two attached hydrogens (primary N) is 2. The van der Waals surface area contributed by atoms with Gasteiger partial charge in [-0.25, -0.2) is 0 Å². The van der Waals surface area contributed by atoms with Crippen LogP contribution in [0.3, 0.4) is 0 Å². The van der Waals surface area contributed by atoms with Crippen molar-refractivity contribution in [2.75, 3.05) is 0 Å². The van der Waals surface area contributed by atoms with Crippen LogP contribution in [0.1, 0.15) is 19.8 Å². The lowest BCUT2D eigenvalue weighted by molar-refractivity contribution is -0.127. The van der Waals surface area contributed by atoms with Gasteiger partial charge < -0.3 is 16.6 Å². The van der Waals surface area contributed by atoms with Crippen molar-refractivity contribution in [3.05, 3.63) is 0 Å². The Bertz CT molecular complexity index is 116. The predicted molar refractivity (Wildman–Crippen MR) is 38.1 cm³/mol. The van der Waals surface area contributed by atoms with Crippen LogP contribution in [0.15, 0.2) is 0 Å². The SMILES string of the molecule is CCC[C@H](N)C(O)C(N)=O. The molecule has 10 heavy (non-hydrogen) atoms. The minimum absolute atomic E-state index is 0.512. The lowest BCUT2D eigenvalue weighted by atomic mass is 10.1. The molecule has 0 aromatic heterocycles. The highest BCUT2D eigenvalue weighted by molar-refractivity contribution is 5.79. The zero-order valence-corrected chi connectivity index (χ0v) is 6.08. The molecule has 0 saturated carbocycles. The number of primary amides is 1. The van der Waals surface area contributed by atoms with Crippen LogP contribution in [-0.4, -0.2) is 23.2 Å². The van der Waals surface area contributed by atoms with Crippen LogP contribution in [-0.2, 0) is 4.79 Å². The van der Waals surface area contributed by atoms with Crippen molar-refractivity contribution >= 4 is 5.91 Å². The highest BCUT2D eigenvalue weighted by Crippen LogP contribution is 1.97. The van der Waals surface area contributed by atoms with E-state index < -0.39 is 18.1 Å². The summed E-state index contributed by atoms with van der Waals surface area (Å²) in [6.07, 6.45) is 0.259. The van der Waals surface area contributed by atoms with Crippen molar-refractivity contribution < 1.29 is 9.90 Å². The van der Waals surface area contributed by atoms with Gasteiger partial charge in [0.1, 0.15) is 6.10 Å². The molecular weight excluding hydrogens is 132 g/mol. The molecule has 0 fully saturated rings. The Hall–Kier alpha value is -0.610. The van der Waals surface area contributed by atoms with E-state index in [1.807, 2.05) is 6.92 Å². The van der Waals surface area contributed by atoms with Gasteiger partial charge in [-0.3, -0.25) is 4.79 Å². The van der Waals surface area contributed by atoms with Crippen molar-refractivity contribution in [1.29, 1.82) is 0 Å². The molecule has 0 aliphatic carbocycles. The molecule has 1 amide bonds. The van der Waals surface area contributed by atoms with Crippen LogP contribution in [0.5, 0.6) is 0 Å². The third kappa shape index (κ3) is 2.80. The molecular formula is C6H14N2O2. The molecule has 2 atom stereocenters. The van der Waals surface area contributed by atoms with Crippen molar-refractivity contribution in [2.45, 2.75) is 31.9 Å². The van der Waals surface area contributed by atoms with Crippen molar-refractivity contribution in [1.82, 2.24) is 0 Å². The zero-order valence-electron chi connectivity index (χ0n) is 6.08. The van der Waals surface area contributed by atoms with Gasteiger partial charge in [-0.05, 0) is 6.42 Å². The quantitative estimate of drug-likeness (QED) is 0.473. The predicted octanol–water partition coefficient (Wildman–Crippen LogP) is -1.04. The molecule has 0 aromatic rings. The van der Waals surface area contributed by atoms with Crippen molar-refractivity contribution in [3.8, 4) is 0 Å². The number of aliphatic hydroxyl groups excluding tert-OH is 1. The van der Waals surface area contributed by atoms with Gasteiger partial charge in [-0.15, -0.1) is 0 Å². The molecule has 0 rings (SSSR count). The van der Waals surface area contributed by atoms with Gasteiger partial charge in [0, 0.05) is 6.04 Å². The van der Waals surface area contributed by atoms with Crippen LogP contribution in [0.25, 0.3) is 0 Å². The molecule has 0 aliphatic heterocycles. The first-order valence-electron chi connectivity index (χ1n) is 3.32. The Morgan fingerprint density at radius 1 is 1.70 bits per heavy atom. The highest BCUT2D eigenvalue weighted by atomic mass is 16.3. The van der Waals surface area contributed by atoms with Crippen molar-refractivity contribution in [3.63, 3.8) is 0 Å². The van der Waals surface area contributed by atoms with E-state index in [0.29, 0.717) is 6.42 Å². The number of aliphatic hydroxyl groups is 1. The number of carbonyl (C=O) groups excluding carboxylic acids is 1. The lowest BCUT2D eigenvalue weighted by Gasteiger charge is -2.13. The van der Waals surface area contributed by atoms with Crippen LogP contribution in [0.2, 0.25) is 0 Å². The van der Waals surface area contributed by atoms with E-state index in [2.05, 4.69) is 0 Å². The van der Waals surface area contributed by atoms with Gasteiger partial charge in [-0.2, -0.15) is 0 Å². The summed E-state index contributed by atoms with van der Waals surface area (Å²) in [4.78, 5) is 10.3. The van der Waals surface area contributed by atoms with E-state index >= 15 is 0 Å². The Morgan fingerprint density at radius 2 is 2.20 bits per heavy atom. The third-order valence-electron chi connectivity index (χ3n) is 1.32. The lowest BCUT2D eigenvalue weighted by Crippen LogP contribution is -2.43.